The van der Waals surface area contributed by atoms with Gasteiger partial charge in [-0.1, -0.05) is 23.7 Å². The molecular weight excluding hydrogens is 435 g/mol. The average Bonchev–Trinajstić information content (AvgIpc) is 2.71. The van der Waals surface area contributed by atoms with Gasteiger partial charge in [0.05, 0.1) is 30.8 Å². The van der Waals surface area contributed by atoms with E-state index in [1.807, 2.05) is 38.1 Å². The topological polar surface area (TPSA) is 85.4 Å². The molecule has 164 valence electrons. The quantitative estimate of drug-likeness (QED) is 0.419. The minimum atomic E-state index is -2.41. The molecule has 2 N–H and O–H groups in total. The Labute approximate surface area is 187 Å². The Kier molecular flexibility index (Phi) is 7.08. The Morgan fingerprint density at radius 3 is 2.42 bits per heavy atom. The standard InChI is InChI=1S/C22H26ClN4O3P/c1-14(2)30-19-9-7-6-8-17(19)25-21-16(23)13-24-22(27-21)26-18-11-10-15(31(4,5)28)12-20(18)29-3/h6-14H,1-5H3,(H2,24,25,26,27). The molecule has 0 saturated carbocycles. The molecule has 1 aromatic heterocycles. The third kappa shape index (κ3) is 5.90. The fourth-order valence-corrected chi connectivity index (χ4v) is 3.81. The van der Waals surface area contributed by atoms with Crippen LogP contribution in [0.3, 0.4) is 0 Å². The summed E-state index contributed by atoms with van der Waals surface area (Å²) in [5.74, 6) is 2.00. The molecule has 7 nitrogen and oxygen atoms in total. The number of para-hydroxylation sites is 2. The molecule has 0 unspecified atom stereocenters. The smallest absolute Gasteiger partial charge is 0.229 e. The van der Waals surface area contributed by atoms with Crippen molar-refractivity contribution in [1.82, 2.24) is 9.97 Å². The maximum Gasteiger partial charge on any atom is 0.229 e. The van der Waals surface area contributed by atoms with Gasteiger partial charge in [-0.05, 0) is 57.5 Å². The van der Waals surface area contributed by atoms with Gasteiger partial charge in [0, 0.05) is 5.30 Å². The highest BCUT2D eigenvalue weighted by Crippen LogP contribution is 2.38. The summed E-state index contributed by atoms with van der Waals surface area (Å²) in [6.07, 6.45) is 1.54. The van der Waals surface area contributed by atoms with Crippen molar-refractivity contribution in [1.29, 1.82) is 0 Å². The summed E-state index contributed by atoms with van der Waals surface area (Å²) in [6, 6.07) is 12.9. The Balaban J connectivity index is 1.88. The van der Waals surface area contributed by atoms with Gasteiger partial charge in [-0.25, -0.2) is 4.98 Å². The molecule has 1 heterocycles. The van der Waals surface area contributed by atoms with Gasteiger partial charge in [0.2, 0.25) is 5.95 Å². The normalized spacial score (nSPS) is 11.3. The van der Waals surface area contributed by atoms with Crippen LogP contribution in [0.4, 0.5) is 23.1 Å². The minimum Gasteiger partial charge on any atom is -0.495 e. The second-order valence-corrected chi connectivity index (χ2v) is 11.2. The first-order valence-corrected chi connectivity index (χ1v) is 12.7. The largest absolute Gasteiger partial charge is 0.495 e. The van der Waals surface area contributed by atoms with Gasteiger partial charge in [0.25, 0.3) is 0 Å². The fourth-order valence-electron chi connectivity index (χ4n) is 2.81. The molecule has 0 radical (unpaired) electrons. The Morgan fingerprint density at radius 1 is 1.03 bits per heavy atom. The number of anilines is 4. The summed E-state index contributed by atoms with van der Waals surface area (Å²) in [7, 11) is -0.850. The number of ether oxygens (including phenoxy) is 2. The predicted molar refractivity (Wildman–Crippen MR) is 128 cm³/mol. The first-order valence-electron chi connectivity index (χ1n) is 9.73. The molecule has 2 aromatic carbocycles. The highest BCUT2D eigenvalue weighted by Gasteiger charge is 2.16. The molecule has 0 amide bonds. The molecule has 0 spiro atoms. The van der Waals surface area contributed by atoms with E-state index in [1.165, 1.54) is 6.20 Å². The molecule has 9 heteroatoms. The Bertz CT molecular complexity index is 1120. The maximum atomic E-state index is 12.4. The third-order valence-corrected chi connectivity index (χ3v) is 6.10. The van der Waals surface area contributed by atoms with E-state index in [9.17, 15) is 4.57 Å². The SMILES string of the molecule is COc1cc(P(C)(C)=O)ccc1Nc1ncc(Cl)c(Nc2ccccc2OC(C)C)n1. The summed E-state index contributed by atoms with van der Waals surface area (Å²) in [5, 5.41) is 7.45. The number of benzene rings is 2. The van der Waals surface area contributed by atoms with Crippen LogP contribution in [0.25, 0.3) is 0 Å². The predicted octanol–water partition coefficient (Wildman–Crippen LogP) is 5.66. The molecular formula is C22H26ClN4O3P. The monoisotopic (exact) mass is 460 g/mol. The first kappa shape index (κ1) is 22.9. The number of nitrogens with one attached hydrogen (secondary N) is 2. The van der Waals surface area contributed by atoms with Gasteiger partial charge < -0.3 is 24.7 Å². The van der Waals surface area contributed by atoms with E-state index in [0.29, 0.717) is 34.0 Å². The van der Waals surface area contributed by atoms with Gasteiger partial charge in [0.15, 0.2) is 5.82 Å². The van der Waals surface area contributed by atoms with Crippen LogP contribution in [-0.2, 0) is 4.57 Å². The van der Waals surface area contributed by atoms with Crippen LogP contribution in [-0.4, -0.2) is 36.5 Å². The highest BCUT2D eigenvalue weighted by molar-refractivity contribution is 7.70. The van der Waals surface area contributed by atoms with Crippen molar-refractivity contribution in [2.45, 2.75) is 20.0 Å². The third-order valence-electron chi connectivity index (χ3n) is 4.30. The van der Waals surface area contributed by atoms with Crippen LogP contribution in [0.1, 0.15) is 13.8 Å². The average molecular weight is 461 g/mol. The summed E-state index contributed by atoms with van der Waals surface area (Å²) in [6.45, 7) is 7.36. The van der Waals surface area contributed by atoms with E-state index in [-0.39, 0.29) is 6.10 Å². The zero-order valence-corrected chi connectivity index (χ0v) is 19.8. The van der Waals surface area contributed by atoms with Crippen LogP contribution in [0.2, 0.25) is 5.02 Å². The Hall–Kier alpha value is -2.76. The number of hydrogen-bond donors (Lipinski definition) is 2. The lowest BCUT2D eigenvalue weighted by molar-refractivity contribution is 0.244. The zero-order chi connectivity index (χ0) is 22.6. The van der Waals surface area contributed by atoms with Gasteiger partial charge in [-0.3, -0.25) is 0 Å². The Morgan fingerprint density at radius 2 is 1.74 bits per heavy atom. The van der Waals surface area contributed by atoms with Gasteiger partial charge >= 0.3 is 0 Å². The summed E-state index contributed by atoms with van der Waals surface area (Å²) < 4.78 is 23.7. The number of rotatable bonds is 8. The molecule has 3 rings (SSSR count). The van der Waals surface area contributed by atoms with Crippen molar-refractivity contribution in [2.75, 3.05) is 31.1 Å². The second kappa shape index (κ2) is 9.58. The molecule has 0 saturated heterocycles. The van der Waals surface area contributed by atoms with Gasteiger partial charge in [0.1, 0.15) is 23.7 Å². The summed E-state index contributed by atoms with van der Waals surface area (Å²) >= 11 is 6.32. The molecule has 0 atom stereocenters. The van der Waals surface area contributed by atoms with Gasteiger partial charge in [-0.15, -0.1) is 0 Å². The van der Waals surface area contributed by atoms with Crippen LogP contribution in [0, 0.1) is 0 Å². The maximum absolute atomic E-state index is 12.4. The molecule has 3 aromatic rings. The van der Waals surface area contributed by atoms with E-state index in [0.717, 1.165) is 11.0 Å². The van der Waals surface area contributed by atoms with E-state index in [4.69, 9.17) is 21.1 Å². The van der Waals surface area contributed by atoms with E-state index in [2.05, 4.69) is 20.6 Å². The van der Waals surface area contributed by atoms with E-state index < -0.39 is 7.14 Å². The van der Waals surface area contributed by atoms with E-state index in [1.54, 1.807) is 38.6 Å². The second-order valence-electron chi connectivity index (χ2n) is 7.54. The number of methoxy groups -OCH3 is 1. The van der Waals surface area contributed by atoms with Crippen LogP contribution < -0.4 is 25.4 Å². The summed E-state index contributed by atoms with van der Waals surface area (Å²) in [5.41, 5.74) is 1.39. The lowest BCUT2D eigenvalue weighted by Gasteiger charge is -2.16. The molecule has 0 fully saturated rings. The first-order chi connectivity index (χ1) is 14.7. The van der Waals surface area contributed by atoms with Gasteiger partial charge in [-0.2, -0.15) is 4.98 Å². The zero-order valence-electron chi connectivity index (χ0n) is 18.1. The number of hydrogen-bond acceptors (Lipinski definition) is 7. The highest BCUT2D eigenvalue weighted by atomic mass is 35.5. The van der Waals surface area contributed by atoms with Crippen molar-refractivity contribution in [3.63, 3.8) is 0 Å². The van der Waals surface area contributed by atoms with Crippen molar-refractivity contribution in [3.05, 3.63) is 53.7 Å². The fraction of sp³-hybridized carbons (Fsp3) is 0.273. The molecule has 0 aliphatic heterocycles. The molecule has 0 aliphatic rings. The molecule has 31 heavy (non-hydrogen) atoms. The van der Waals surface area contributed by atoms with Crippen molar-refractivity contribution >= 4 is 47.2 Å². The molecule has 0 bridgehead atoms. The van der Waals surface area contributed by atoms with E-state index >= 15 is 0 Å². The minimum absolute atomic E-state index is 0.0260. The van der Waals surface area contributed by atoms with Crippen molar-refractivity contribution in [3.8, 4) is 11.5 Å². The number of nitrogens with zero attached hydrogens (tertiary/aromatic N) is 2. The lowest BCUT2D eigenvalue weighted by Crippen LogP contribution is -2.08. The number of aromatic nitrogens is 2. The van der Waals surface area contributed by atoms with Crippen LogP contribution in [0.5, 0.6) is 11.5 Å². The van der Waals surface area contributed by atoms with Crippen LogP contribution >= 0.6 is 18.7 Å². The van der Waals surface area contributed by atoms with Crippen LogP contribution in [0.15, 0.2) is 48.7 Å². The van der Waals surface area contributed by atoms with Crippen molar-refractivity contribution < 1.29 is 14.0 Å². The number of halogens is 1. The summed E-state index contributed by atoms with van der Waals surface area (Å²) in [4.78, 5) is 8.76. The lowest BCUT2D eigenvalue weighted by atomic mass is 10.3. The molecule has 0 aliphatic carbocycles. The van der Waals surface area contributed by atoms with Crippen molar-refractivity contribution in [2.24, 2.45) is 0 Å².